The van der Waals surface area contributed by atoms with Gasteiger partial charge < -0.3 is 4.74 Å². The van der Waals surface area contributed by atoms with E-state index in [-0.39, 0.29) is 0 Å². The molecule has 1 aromatic rings. The molecule has 0 bridgehead atoms. The van der Waals surface area contributed by atoms with Gasteiger partial charge in [-0.3, -0.25) is 9.80 Å². The van der Waals surface area contributed by atoms with Crippen molar-refractivity contribution in [1.29, 1.82) is 0 Å². The zero-order chi connectivity index (χ0) is 19.3. The topological polar surface area (TPSA) is 15.7 Å². The van der Waals surface area contributed by atoms with Crippen LogP contribution in [0.3, 0.4) is 0 Å². The van der Waals surface area contributed by atoms with E-state index >= 15 is 0 Å². The summed E-state index contributed by atoms with van der Waals surface area (Å²) in [6.45, 7) is 14.6. The first-order valence-corrected chi connectivity index (χ1v) is 11.2. The van der Waals surface area contributed by atoms with Crippen molar-refractivity contribution in [2.45, 2.75) is 57.9 Å². The van der Waals surface area contributed by atoms with Gasteiger partial charge in [-0.05, 0) is 36.2 Å². The Morgan fingerprint density at radius 1 is 1.07 bits per heavy atom. The largest absolute Gasteiger partial charge is 0.377 e. The standard InChI is InChI=1S/C23H38N2OS/c1-19-13-21(15-23(2,3)14-19)26-18-22(27)17-25-11-9-24(10-12-25)16-20-7-5-4-6-8-20/h4-8,19,21-22,27H,9-18H2,1-3H3/t19-,21+,22+/m1/s1. The number of piperazine rings is 1. The van der Waals surface area contributed by atoms with Gasteiger partial charge in [-0.25, -0.2) is 0 Å². The smallest absolute Gasteiger partial charge is 0.0598 e. The Morgan fingerprint density at radius 3 is 2.41 bits per heavy atom. The molecule has 0 aromatic heterocycles. The van der Waals surface area contributed by atoms with Crippen molar-refractivity contribution in [1.82, 2.24) is 9.80 Å². The lowest BCUT2D eigenvalue weighted by atomic mass is 9.71. The summed E-state index contributed by atoms with van der Waals surface area (Å²) >= 11 is 4.83. The third-order valence-corrected chi connectivity index (χ3v) is 6.37. The van der Waals surface area contributed by atoms with E-state index in [2.05, 4.69) is 60.9 Å². The molecule has 3 rings (SSSR count). The second kappa shape index (κ2) is 9.78. The van der Waals surface area contributed by atoms with E-state index < -0.39 is 0 Å². The number of hydrogen-bond donors (Lipinski definition) is 1. The Hall–Kier alpha value is -0.550. The number of rotatable bonds is 7. The Labute approximate surface area is 171 Å². The van der Waals surface area contributed by atoms with Gasteiger partial charge in [0.25, 0.3) is 0 Å². The van der Waals surface area contributed by atoms with Gasteiger partial charge in [-0.2, -0.15) is 12.6 Å². The van der Waals surface area contributed by atoms with Gasteiger partial charge in [0.15, 0.2) is 0 Å². The number of nitrogens with zero attached hydrogens (tertiary/aromatic N) is 2. The van der Waals surface area contributed by atoms with E-state index in [9.17, 15) is 0 Å². The summed E-state index contributed by atoms with van der Waals surface area (Å²) < 4.78 is 6.28. The van der Waals surface area contributed by atoms with Crippen LogP contribution in [0.2, 0.25) is 0 Å². The molecule has 1 aromatic carbocycles. The van der Waals surface area contributed by atoms with E-state index in [1.165, 1.54) is 24.8 Å². The number of hydrogen-bond acceptors (Lipinski definition) is 4. The highest BCUT2D eigenvalue weighted by Gasteiger charge is 2.32. The maximum absolute atomic E-state index is 6.28. The molecule has 0 amide bonds. The molecule has 1 saturated heterocycles. The van der Waals surface area contributed by atoms with Gasteiger partial charge in [0, 0.05) is 44.5 Å². The van der Waals surface area contributed by atoms with Crippen molar-refractivity contribution in [3.63, 3.8) is 0 Å². The maximum atomic E-state index is 6.28. The van der Waals surface area contributed by atoms with Crippen LogP contribution < -0.4 is 0 Å². The molecular formula is C23H38N2OS. The quantitative estimate of drug-likeness (QED) is 0.698. The van der Waals surface area contributed by atoms with Crippen LogP contribution >= 0.6 is 12.6 Å². The Bertz CT molecular complexity index is 557. The second-order valence-electron chi connectivity index (χ2n) is 9.58. The van der Waals surface area contributed by atoms with E-state index in [1.807, 2.05) is 0 Å². The monoisotopic (exact) mass is 390 g/mol. The average molecular weight is 391 g/mol. The van der Waals surface area contributed by atoms with Crippen molar-refractivity contribution < 1.29 is 4.74 Å². The fraction of sp³-hybridized carbons (Fsp3) is 0.739. The first kappa shape index (κ1) is 21.2. The van der Waals surface area contributed by atoms with Gasteiger partial charge in [0.1, 0.15) is 0 Å². The first-order chi connectivity index (χ1) is 12.9. The lowest BCUT2D eigenvalue weighted by molar-refractivity contribution is -0.0244. The molecule has 0 radical (unpaired) electrons. The summed E-state index contributed by atoms with van der Waals surface area (Å²) in [5.41, 5.74) is 1.83. The number of ether oxygens (including phenoxy) is 1. The highest BCUT2D eigenvalue weighted by Crippen LogP contribution is 2.39. The van der Waals surface area contributed by atoms with E-state index in [0.717, 1.165) is 51.8 Å². The minimum Gasteiger partial charge on any atom is -0.377 e. The summed E-state index contributed by atoms with van der Waals surface area (Å²) in [7, 11) is 0. The molecule has 2 aliphatic rings. The molecule has 152 valence electrons. The van der Waals surface area contributed by atoms with Crippen LogP contribution in [-0.2, 0) is 11.3 Å². The average Bonchev–Trinajstić information content (AvgIpc) is 2.61. The highest BCUT2D eigenvalue weighted by molar-refractivity contribution is 7.81. The molecule has 0 N–H and O–H groups in total. The summed E-state index contributed by atoms with van der Waals surface area (Å²) in [5, 5.41) is 0.311. The summed E-state index contributed by atoms with van der Waals surface area (Å²) in [6.07, 6.45) is 4.14. The molecule has 1 aliphatic heterocycles. The maximum Gasteiger partial charge on any atom is 0.0598 e. The number of thiol groups is 1. The summed E-state index contributed by atoms with van der Waals surface area (Å²) in [5.74, 6) is 0.773. The van der Waals surface area contributed by atoms with E-state index in [0.29, 0.717) is 16.8 Å². The van der Waals surface area contributed by atoms with Gasteiger partial charge >= 0.3 is 0 Å². The van der Waals surface area contributed by atoms with Crippen molar-refractivity contribution in [3.8, 4) is 0 Å². The zero-order valence-electron chi connectivity index (χ0n) is 17.4. The van der Waals surface area contributed by atoms with Gasteiger partial charge in [-0.15, -0.1) is 0 Å². The van der Waals surface area contributed by atoms with Crippen LogP contribution in [0.4, 0.5) is 0 Å². The predicted octanol–water partition coefficient (Wildman–Crippen LogP) is 4.33. The van der Waals surface area contributed by atoms with E-state index in [1.54, 1.807) is 0 Å². The fourth-order valence-corrected chi connectivity index (χ4v) is 5.27. The molecular weight excluding hydrogens is 352 g/mol. The normalized spacial score (nSPS) is 28.1. The SMILES string of the molecule is C[C@@H]1C[C@H](OC[C@@H](S)CN2CCN(Cc3ccccc3)CC2)CC(C)(C)C1. The molecule has 27 heavy (non-hydrogen) atoms. The van der Waals surface area contributed by atoms with Crippen LogP contribution in [-0.4, -0.2) is 60.5 Å². The molecule has 0 unspecified atom stereocenters. The Kier molecular flexibility index (Phi) is 7.66. The predicted molar refractivity (Wildman–Crippen MR) is 117 cm³/mol. The third kappa shape index (κ3) is 7.08. The molecule has 2 fully saturated rings. The van der Waals surface area contributed by atoms with Crippen LogP contribution in [0.15, 0.2) is 30.3 Å². The van der Waals surface area contributed by atoms with Gasteiger partial charge in [0.05, 0.1) is 12.7 Å². The van der Waals surface area contributed by atoms with Crippen molar-refractivity contribution in [2.24, 2.45) is 11.3 Å². The summed E-state index contributed by atoms with van der Waals surface area (Å²) in [6, 6.07) is 10.8. The van der Waals surface area contributed by atoms with Crippen molar-refractivity contribution in [3.05, 3.63) is 35.9 Å². The lowest BCUT2D eigenvalue weighted by Gasteiger charge is -2.39. The molecule has 1 saturated carbocycles. The lowest BCUT2D eigenvalue weighted by Crippen LogP contribution is -2.48. The van der Waals surface area contributed by atoms with Crippen LogP contribution in [0.25, 0.3) is 0 Å². The van der Waals surface area contributed by atoms with E-state index in [4.69, 9.17) is 17.4 Å². The van der Waals surface area contributed by atoms with Crippen molar-refractivity contribution >= 4 is 12.6 Å². The highest BCUT2D eigenvalue weighted by atomic mass is 32.1. The first-order valence-electron chi connectivity index (χ1n) is 10.7. The Morgan fingerprint density at radius 2 is 1.74 bits per heavy atom. The molecule has 1 aliphatic carbocycles. The van der Waals surface area contributed by atoms with Gasteiger partial charge in [0.2, 0.25) is 0 Å². The Balaban J connectivity index is 1.34. The minimum absolute atomic E-state index is 0.311. The summed E-state index contributed by atoms with van der Waals surface area (Å²) in [4.78, 5) is 5.11. The molecule has 1 heterocycles. The molecule has 3 atom stereocenters. The number of benzene rings is 1. The van der Waals surface area contributed by atoms with Crippen molar-refractivity contribution in [2.75, 3.05) is 39.3 Å². The van der Waals surface area contributed by atoms with Crippen LogP contribution in [0.5, 0.6) is 0 Å². The zero-order valence-corrected chi connectivity index (χ0v) is 18.3. The minimum atomic E-state index is 0.311. The molecule has 0 spiro atoms. The molecule has 4 heteroatoms. The fourth-order valence-electron chi connectivity index (χ4n) is 4.95. The van der Waals surface area contributed by atoms with Crippen LogP contribution in [0.1, 0.15) is 45.6 Å². The second-order valence-corrected chi connectivity index (χ2v) is 10.3. The van der Waals surface area contributed by atoms with Gasteiger partial charge in [-0.1, -0.05) is 51.1 Å². The third-order valence-electron chi connectivity index (χ3n) is 6.05. The molecule has 3 nitrogen and oxygen atoms in total. The van der Waals surface area contributed by atoms with Crippen LogP contribution in [0, 0.1) is 11.3 Å².